The van der Waals surface area contributed by atoms with Crippen LogP contribution in [0.1, 0.15) is 23.6 Å². The third kappa shape index (κ3) is 3.05. The number of rotatable bonds is 4. The number of benzene rings is 2. The molecule has 0 radical (unpaired) electrons. The van der Waals surface area contributed by atoms with Crippen LogP contribution in [-0.4, -0.2) is 7.11 Å². The van der Waals surface area contributed by atoms with Crippen molar-refractivity contribution in [3.63, 3.8) is 0 Å². The number of hydrogen-bond acceptors (Lipinski definition) is 1. The Hall–Kier alpha value is -2.16. The molecule has 0 saturated heterocycles. The first-order valence-corrected chi connectivity index (χ1v) is 6.44. The molecule has 20 heavy (non-hydrogen) atoms. The topological polar surface area (TPSA) is 9.23 Å². The lowest BCUT2D eigenvalue weighted by atomic mass is 10.1. The van der Waals surface area contributed by atoms with Crippen LogP contribution in [0.15, 0.2) is 48.5 Å². The van der Waals surface area contributed by atoms with Crippen LogP contribution in [0.2, 0.25) is 0 Å². The molecule has 0 aliphatic heterocycles. The number of aryl methyl sites for hydroxylation is 1. The first-order chi connectivity index (χ1) is 9.65. The van der Waals surface area contributed by atoms with Crippen LogP contribution in [0, 0.1) is 0 Å². The second-order valence-electron chi connectivity index (χ2n) is 4.41. The second kappa shape index (κ2) is 6.33. The summed E-state index contributed by atoms with van der Waals surface area (Å²) in [7, 11) is 1.52. The van der Waals surface area contributed by atoms with Crippen molar-refractivity contribution in [2.75, 3.05) is 7.11 Å². The van der Waals surface area contributed by atoms with Gasteiger partial charge >= 0.3 is 0 Å². The van der Waals surface area contributed by atoms with E-state index in [1.54, 1.807) is 36.4 Å². The predicted molar refractivity (Wildman–Crippen MR) is 77.8 cm³/mol. The highest BCUT2D eigenvalue weighted by Crippen LogP contribution is 2.29. The van der Waals surface area contributed by atoms with Crippen molar-refractivity contribution < 1.29 is 13.5 Å². The highest BCUT2D eigenvalue weighted by atomic mass is 19.2. The Morgan fingerprint density at radius 3 is 1.70 bits per heavy atom. The average molecular weight is 274 g/mol. The SMILES string of the molecule is CCc1ccc(/C(F)=C(\F)c2ccc(OC)cc2)cc1. The van der Waals surface area contributed by atoms with E-state index in [9.17, 15) is 8.78 Å². The van der Waals surface area contributed by atoms with Crippen molar-refractivity contribution in [1.29, 1.82) is 0 Å². The quantitative estimate of drug-likeness (QED) is 0.711. The molecule has 0 aromatic heterocycles. The molecule has 104 valence electrons. The molecule has 3 heteroatoms. The van der Waals surface area contributed by atoms with Crippen LogP contribution >= 0.6 is 0 Å². The molecule has 0 bridgehead atoms. The Balaban J connectivity index is 2.32. The van der Waals surface area contributed by atoms with Crippen LogP contribution < -0.4 is 4.74 Å². The van der Waals surface area contributed by atoms with Crippen molar-refractivity contribution in [1.82, 2.24) is 0 Å². The van der Waals surface area contributed by atoms with Crippen molar-refractivity contribution in [2.45, 2.75) is 13.3 Å². The van der Waals surface area contributed by atoms with Crippen molar-refractivity contribution in [3.05, 3.63) is 65.2 Å². The summed E-state index contributed by atoms with van der Waals surface area (Å²) >= 11 is 0. The van der Waals surface area contributed by atoms with Gasteiger partial charge in [0.1, 0.15) is 5.75 Å². The van der Waals surface area contributed by atoms with Gasteiger partial charge in [-0.05, 0) is 36.2 Å². The van der Waals surface area contributed by atoms with Gasteiger partial charge in [0, 0.05) is 11.1 Å². The summed E-state index contributed by atoms with van der Waals surface area (Å²) < 4.78 is 33.2. The molecule has 2 aromatic carbocycles. The van der Waals surface area contributed by atoms with Crippen LogP contribution in [0.25, 0.3) is 11.7 Å². The standard InChI is InChI=1S/C17H16F2O/c1-3-12-4-6-13(7-5-12)16(18)17(19)14-8-10-15(20-2)11-9-14/h4-11H,3H2,1-2H3/b17-16+. The van der Waals surface area contributed by atoms with Crippen molar-refractivity contribution in [3.8, 4) is 5.75 Å². The minimum atomic E-state index is -0.864. The smallest absolute Gasteiger partial charge is 0.166 e. The van der Waals surface area contributed by atoms with E-state index in [0.29, 0.717) is 5.75 Å². The molecule has 0 amide bonds. The van der Waals surface area contributed by atoms with Gasteiger partial charge in [-0.2, -0.15) is 0 Å². The highest BCUT2D eigenvalue weighted by Gasteiger charge is 2.11. The fourth-order valence-corrected chi connectivity index (χ4v) is 1.88. The maximum atomic E-state index is 14.1. The largest absolute Gasteiger partial charge is 0.497 e. The van der Waals surface area contributed by atoms with Crippen LogP contribution in [-0.2, 0) is 6.42 Å². The van der Waals surface area contributed by atoms with Gasteiger partial charge < -0.3 is 4.74 Å². The van der Waals surface area contributed by atoms with Gasteiger partial charge in [0.05, 0.1) is 7.11 Å². The monoisotopic (exact) mass is 274 g/mol. The van der Waals surface area contributed by atoms with E-state index in [0.717, 1.165) is 12.0 Å². The summed E-state index contributed by atoms with van der Waals surface area (Å²) in [6.07, 6.45) is 0.868. The van der Waals surface area contributed by atoms with Crippen molar-refractivity contribution in [2.24, 2.45) is 0 Å². The second-order valence-corrected chi connectivity index (χ2v) is 4.41. The molecule has 0 unspecified atom stereocenters. The number of ether oxygens (including phenoxy) is 1. The summed E-state index contributed by atoms with van der Waals surface area (Å²) in [5.74, 6) is -1.11. The van der Waals surface area contributed by atoms with Crippen LogP contribution in [0.4, 0.5) is 8.78 Å². The summed E-state index contributed by atoms with van der Waals surface area (Å²) in [5.41, 5.74) is 1.53. The Morgan fingerprint density at radius 2 is 1.30 bits per heavy atom. The maximum absolute atomic E-state index is 14.1. The normalized spacial score (nSPS) is 12.0. The molecule has 2 rings (SSSR count). The van der Waals surface area contributed by atoms with E-state index < -0.39 is 11.7 Å². The molecule has 0 spiro atoms. The minimum Gasteiger partial charge on any atom is -0.497 e. The molecular weight excluding hydrogens is 258 g/mol. The fourth-order valence-electron chi connectivity index (χ4n) is 1.88. The van der Waals surface area contributed by atoms with Gasteiger partial charge in [-0.15, -0.1) is 0 Å². The molecular formula is C17H16F2O. The van der Waals surface area contributed by atoms with Gasteiger partial charge in [0.2, 0.25) is 0 Å². The Kier molecular flexibility index (Phi) is 4.51. The lowest BCUT2D eigenvalue weighted by molar-refractivity contribution is 0.414. The number of hydrogen-bond donors (Lipinski definition) is 0. The average Bonchev–Trinajstić information content (AvgIpc) is 2.53. The van der Waals surface area contributed by atoms with Gasteiger partial charge in [0.15, 0.2) is 11.7 Å². The molecule has 0 fully saturated rings. The minimum absolute atomic E-state index is 0.197. The molecule has 0 heterocycles. The van der Waals surface area contributed by atoms with Crippen molar-refractivity contribution >= 4 is 11.7 Å². The van der Waals surface area contributed by atoms with E-state index in [4.69, 9.17) is 4.74 Å². The van der Waals surface area contributed by atoms with E-state index in [-0.39, 0.29) is 11.1 Å². The molecule has 0 aliphatic rings. The maximum Gasteiger partial charge on any atom is 0.166 e. The number of halogens is 2. The third-order valence-corrected chi connectivity index (χ3v) is 3.15. The molecule has 0 aliphatic carbocycles. The van der Waals surface area contributed by atoms with E-state index in [1.165, 1.54) is 19.2 Å². The highest BCUT2D eigenvalue weighted by molar-refractivity contribution is 5.83. The molecule has 2 aromatic rings. The molecule has 1 nitrogen and oxygen atoms in total. The zero-order valence-electron chi connectivity index (χ0n) is 11.5. The summed E-state index contributed by atoms with van der Waals surface area (Å²) in [5, 5.41) is 0. The molecule has 0 atom stereocenters. The zero-order valence-corrected chi connectivity index (χ0v) is 11.5. The summed E-state index contributed by atoms with van der Waals surface area (Å²) in [6.45, 7) is 2.01. The van der Waals surface area contributed by atoms with E-state index in [2.05, 4.69) is 0 Å². The lowest BCUT2D eigenvalue weighted by Crippen LogP contribution is -1.87. The Labute approximate surface area is 117 Å². The van der Waals surface area contributed by atoms with Crippen LogP contribution in [0.5, 0.6) is 5.75 Å². The predicted octanol–water partition coefficient (Wildman–Crippen LogP) is 5.02. The summed E-state index contributed by atoms with van der Waals surface area (Å²) in [6, 6.07) is 13.0. The van der Waals surface area contributed by atoms with Crippen LogP contribution in [0.3, 0.4) is 0 Å². The zero-order chi connectivity index (χ0) is 14.5. The first-order valence-electron chi connectivity index (χ1n) is 6.44. The van der Waals surface area contributed by atoms with Gasteiger partial charge in [-0.25, -0.2) is 8.78 Å². The Bertz CT molecular complexity index is 542. The van der Waals surface area contributed by atoms with Gasteiger partial charge in [0.25, 0.3) is 0 Å². The number of methoxy groups -OCH3 is 1. The molecule has 0 N–H and O–H groups in total. The first kappa shape index (κ1) is 14.3. The third-order valence-electron chi connectivity index (χ3n) is 3.15. The lowest BCUT2D eigenvalue weighted by Gasteiger charge is -2.04. The summed E-state index contributed by atoms with van der Waals surface area (Å²) in [4.78, 5) is 0. The Morgan fingerprint density at radius 1 is 0.850 bits per heavy atom. The molecule has 0 saturated carbocycles. The van der Waals surface area contributed by atoms with E-state index in [1.807, 2.05) is 6.92 Å². The fraction of sp³-hybridized carbons (Fsp3) is 0.176. The van der Waals surface area contributed by atoms with Gasteiger partial charge in [-0.3, -0.25) is 0 Å². The van der Waals surface area contributed by atoms with Gasteiger partial charge in [-0.1, -0.05) is 31.2 Å². The van der Waals surface area contributed by atoms with E-state index >= 15 is 0 Å².